The number of rotatable bonds is 3. The van der Waals surface area contributed by atoms with Gasteiger partial charge in [-0.2, -0.15) is 4.98 Å². The van der Waals surface area contributed by atoms with Crippen LogP contribution < -0.4 is 9.80 Å². The van der Waals surface area contributed by atoms with Crippen molar-refractivity contribution in [3.8, 4) is 0 Å². The Bertz CT molecular complexity index is 818. The van der Waals surface area contributed by atoms with E-state index in [-0.39, 0.29) is 0 Å². The van der Waals surface area contributed by atoms with E-state index in [0.717, 1.165) is 61.0 Å². The molecule has 1 saturated heterocycles. The second-order valence-electron chi connectivity index (χ2n) is 6.06. The first-order valence-corrected chi connectivity index (χ1v) is 8.43. The zero-order valence-corrected chi connectivity index (χ0v) is 14.1. The van der Waals surface area contributed by atoms with Crippen molar-refractivity contribution in [2.24, 2.45) is 0 Å². The lowest BCUT2D eigenvalue weighted by Crippen LogP contribution is -2.47. The topological polar surface area (TPSA) is 58.3 Å². The smallest absolute Gasteiger partial charge is 0.298 e. The minimum absolute atomic E-state index is 0.712. The number of para-hydroxylation sites is 2. The Balaban J connectivity index is 1.49. The molecule has 1 aliphatic rings. The van der Waals surface area contributed by atoms with Crippen LogP contribution in [0.25, 0.3) is 11.1 Å². The summed E-state index contributed by atoms with van der Waals surface area (Å²) in [7, 11) is 0. The number of aryl methyl sites for hydroxylation is 2. The number of hydrogen-bond donors (Lipinski definition) is 0. The van der Waals surface area contributed by atoms with Crippen LogP contribution in [0.1, 0.15) is 18.4 Å². The normalized spacial score (nSPS) is 15.2. The van der Waals surface area contributed by atoms with Crippen molar-refractivity contribution < 1.29 is 4.42 Å². The van der Waals surface area contributed by atoms with Gasteiger partial charge in [-0.05, 0) is 25.5 Å². The fraction of sp³-hybridized carbons (Fsp3) is 0.389. The Morgan fingerprint density at radius 2 is 1.75 bits per heavy atom. The molecule has 3 aromatic rings. The van der Waals surface area contributed by atoms with Crippen molar-refractivity contribution in [3.63, 3.8) is 0 Å². The van der Waals surface area contributed by atoms with Gasteiger partial charge < -0.3 is 14.2 Å². The highest BCUT2D eigenvalue weighted by Crippen LogP contribution is 2.23. The van der Waals surface area contributed by atoms with E-state index in [1.807, 2.05) is 31.2 Å². The Labute approximate surface area is 141 Å². The molecule has 6 nitrogen and oxygen atoms in total. The largest absolute Gasteiger partial charge is 0.423 e. The Morgan fingerprint density at radius 1 is 1.00 bits per heavy atom. The third-order valence-corrected chi connectivity index (χ3v) is 4.40. The van der Waals surface area contributed by atoms with Crippen molar-refractivity contribution >= 4 is 22.9 Å². The van der Waals surface area contributed by atoms with Gasteiger partial charge in [0.05, 0.1) is 0 Å². The fourth-order valence-electron chi connectivity index (χ4n) is 3.08. The molecule has 0 N–H and O–H groups in total. The number of anilines is 2. The van der Waals surface area contributed by atoms with Gasteiger partial charge in [0.15, 0.2) is 5.58 Å². The Kier molecular flexibility index (Phi) is 3.80. The van der Waals surface area contributed by atoms with Crippen molar-refractivity contribution in [1.82, 2.24) is 15.0 Å². The fourth-order valence-corrected chi connectivity index (χ4v) is 3.08. The summed E-state index contributed by atoms with van der Waals surface area (Å²) in [6, 6.07) is 10.7. The van der Waals surface area contributed by atoms with E-state index < -0.39 is 0 Å². The molecule has 1 fully saturated rings. The molecule has 0 amide bonds. The van der Waals surface area contributed by atoms with Crippen LogP contribution >= 0.6 is 0 Å². The van der Waals surface area contributed by atoms with Gasteiger partial charge in [-0.15, -0.1) is 0 Å². The summed E-state index contributed by atoms with van der Waals surface area (Å²) >= 11 is 0. The summed E-state index contributed by atoms with van der Waals surface area (Å²) in [5.74, 6) is 1.86. The van der Waals surface area contributed by atoms with E-state index in [9.17, 15) is 0 Å². The Hall–Kier alpha value is -2.63. The van der Waals surface area contributed by atoms with Crippen LogP contribution in [0.15, 0.2) is 34.7 Å². The highest BCUT2D eigenvalue weighted by atomic mass is 16.4. The van der Waals surface area contributed by atoms with Gasteiger partial charge in [-0.3, -0.25) is 0 Å². The number of piperazine rings is 1. The first-order chi connectivity index (χ1) is 11.7. The SMILES string of the molecule is CCc1cc(N2CCN(c3nc4ccccc4o3)CC2)nc(C)n1. The van der Waals surface area contributed by atoms with Crippen LogP contribution in [0.3, 0.4) is 0 Å². The molecule has 1 aromatic carbocycles. The maximum absolute atomic E-state index is 5.87. The third-order valence-electron chi connectivity index (χ3n) is 4.40. The molecular weight excluding hydrogens is 302 g/mol. The second-order valence-corrected chi connectivity index (χ2v) is 6.06. The summed E-state index contributed by atoms with van der Waals surface area (Å²) in [5.41, 5.74) is 2.85. The van der Waals surface area contributed by atoms with E-state index in [2.05, 4.69) is 37.7 Å². The molecular formula is C18H21N5O. The molecule has 124 valence electrons. The highest BCUT2D eigenvalue weighted by Gasteiger charge is 2.22. The molecule has 24 heavy (non-hydrogen) atoms. The highest BCUT2D eigenvalue weighted by molar-refractivity contribution is 5.74. The lowest BCUT2D eigenvalue weighted by molar-refractivity contribution is 0.540. The maximum Gasteiger partial charge on any atom is 0.298 e. The molecule has 0 unspecified atom stereocenters. The number of hydrogen-bond acceptors (Lipinski definition) is 6. The molecule has 0 radical (unpaired) electrons. The third kappa shape index (κ3) is 2.79. The average Bonchev–Trinajstić information content (AvgIpc) is 3.05. The number of oxazole rings is 1. The first kappa shape index (κ1) is 14.9. The molecule has 2 aromatic heterocycles. The van der Waals surface area contributed by atoms with Gasteiger partial charge in [0.1, 0.15) is 17.2 Å². The van der Waals surface area contributed by atoms with E-state index in [1.165, 1.54) is 0 Å². The van der Waals surface area contributed by atoms with Crippen molar-refractivity contribution in [2.45, 2.75) is 20.3 Å². The maximum atomic E-state index is 5.87. The molecule has 0 bridgehead atoms. The lowest BCUT2D eigenvalue weighted by Gasteiger charge is -2.34. The Morgan fingerprint density at radius 3 is 2.50 bits per heavy atom. The zero-order chi connectivity index (χ0) is 16.5. The number of nitrogens with zero attached hydrogens (tertiary/aromatic N) is 5. The summed E-state index contributed by atoms with van der Waals surface area (Å²) in [4.78, 5) is 18.2. The first-order valence-electron chi connectivity index (χ1n) is 8.43. The van der Waals surface area contributed by atoms with Crippen LogP contribution in [-0.4, -0.2) is 41.1 Å². The zero-order valence-electron chi connectivity index (χ0n) is 14.1. The monoisotopic (exact) mass is 323 g/mol. The molecule has 6 heteroatoms. The minimum Gasteiger partial charge on any atom is -0.423 e. The van der Waals surface area contributed by atoms with Crippen LogP contribution in [0.4, 0.5) is 11.8 Å². The predicted octanol–water partition coefficient (Wildman–Crippen LogP) is 2.82. The number of fused-ring (bicyclic) bond motifs is 1. The summed E-state index contributed by atoms with van der Waals surface area (Å²) in [6.45, 7) is 7.62. The van der Waals surface area contributed by atoms with E-state index in [4.69, 9.17) is 4.42 Å². The van der Waals surface area contributed by atoms with Crippen LogP contribution in [0.2, 0.25) is 0 Å². The van der Waals surface area contributed by atoms with E-state index >= 15 is 0 Å². The average molecular weight is 323 g/mol. The minimum atomic E-state index is 0.712. The molecule has 3 heterocycles. The van der Waals surface area contributed by atoms with Gasteiger partial charge in [0.25, 0.3) is 6.01 Å². The second kappa shape index (κ2) is 6.11. The quantitative estimate of drug-likeness (QED) is 0.739. The standard InChI is InChI=1S/C18H21N5O/c1-3-14-12-17(20-13(2)19-14)22-8-10-23(11-9-22)18-21-15-6-4-5-7-16(15)24-18/h4-7,12H,3,8-11H2,1-2H3. The number of aromatic nitrogens is 3. The van der Waals surface area contributed by atoms with E-state index in [0.29, 0.717) is 6.01 Å². The predicted molar refractivity (Wildman–Crippen MR) is 94.6 cm³/mol. The number of benzene rings is 1. The van der Waals surface area contributed by atoms with Crippen molar-refractivity contribution in [3.05, 3.63) is 41.9 Å². The van der Waals surface area contributed by atoms with Crippen LogP contribution in [-0.2, 0) is 6.42 Å². The molecule has 0 atom stereocenters. The lowest BCUT2D eigenvalue weighted by atomic mass is 10.2. The van der Waals surface area contributed by atoms with Crippen molar-refractivity contribution in [2.75, 3.05) is 36.0 Å². The van der Waals surface area contributed by atoms with E-state index in [1.54, 1.807) is 0 Å². The van der Waals surface area contributed by atoms with Gasteiger partial charge in [-0.1, -0.05) is 19.1 Å². The molecule has 0 spiro atoms. The van der Waals surface area contributed by atoms with Crippen LogP contribution in [0, 0.1) is 6.92 Å². The van der Waals surface area contributed by atoms with Gasteiger partial charge >= 0.3 is 0 Å². The summed E-state index contributed by atoms with van der Waals surface area (Å²) in [5, 5.41) is 0. The van der Waals surface area contributed by atoms with Gasteiger partial charge in [0, 0.05) is 37.9 Å². The van der Waals surface area contributed by atoms with Crippen molar-refractivity contribution in [1.29, 1.82) is 0 Å². The van der Waals surface area contributed by atoms with Crippen LogP contribution in [0.5, 0.6) is 0 Å². The summed E-state index contributed by atoms with van der Waals surface area (Å²) < 4.78 is 5.87. The summed E-state index contributed by atoms with van der Waals surface area (Å²) in [6.07, 6.45) is 0.930. The molecule has 0 aliphatic carbocycles. The molecule has 0 saturated carbocycles. The molecule has 4 rings (SSSR count). The molecule has 1 aliphatic heterocycles. The van der Waals surface area contributed by atoms with Gasteiger partial charge in [0.2, 0.25) is 0 Å². The van der Waals surface area contributed by atoms with Gasteiger partial charge in [-0.25, -0.2) is 9.97 Å².